The van der Waals surface area contributed by atoms with Gasteiger partial charge in [0.2, 0.25) is 5.91 Å². The van der Waals surface area contributed by atoms with Crippen LogP contribution in [0.1, 0.15) is 42.3 Å². The Morgan fingerprint density at radius 1 is 1.29 bits per heavy atom. The van der Waals surface area contributed by atoms with Gasteiger partial charge in [-0.3, -0.25) is 9.89 Å². The first-order valence-corrected chi connectivity index (χ1v) is 9.23. The average Bonchev–Trinajstić information content (AvgIpc) is 3.12. The number of hydrogen-bond acceptors (Lipinski definition) is 3. The van der Waals surface area contributed by atoms with Crippen LogP contribution in [-0.4, -0.2) is 39.5 Å². The summed E-state index contributed by atoms with van der Waals surface area (Å²) >= 11 is 0. The Bertz CT molecular complexity index is 826. The van der Waals surface area contributed by atoms with Gasteiger partial charge in [0.05, 0.1) is 12.1 Å². The van der Waals surface area contributed by atoms with Crippen molar-refractivity contribution < 1.29 is 22.7 Å². The number of nitrogens with one attached hydrogen (secondary N) is 1. The number of nitrogens with zero attached hydrogens (tertiary/aromatic N) is 2. The molecule has 1 aromatic heterocycles. The molecule has 1 N–H and O–H groups in total. The Morgan fingerprint density at radius 3 is 2.54 bits per heavy atom. The Morgan fingerprint density at radius 2 is 1.96 bits per heavy atom. The zero-order valence-corrected chi connectivity index (χ0v) is 16.2. The molecule has 3 rings (SSSR count). The van der Waals surface area contributed by atoms with Crippen LogP contribution in [0.5, 0.6) is 5.75 Å². The number of likely N-dealkylation sites (tertiary alicyclic amines) is 1. The molecule has 0 saturated carbocycles. The highest BCUT2D eigenvalue weighted by atomic mass is 19.4. The van der Waals surface area contributed by atoms with Gasteiger partial charge in [0, 0.05) is 23.3 Å². The van der Waals surface area contributed by atoms with Crippen LogP contribution in [0.2, 0.25) is 0 Å². The lowest BCUT2D eigenvalue weighted by Crippen LogP contribution is -2.47. The summed E-state index contributed by atoms with van der Waals surface area (Å²) in [4.78, 5) is 14.9. The molecule has 1 saturated heterocycles. The molecule has 1 aromatic carbocycles. The molecule has 1 amide bonds. The van der Waals surface area contributed by atoms with E-state index in [1.807, 2.05) is 25.7 Å². The van der Waals surface area contributed by atoms with Crippen LogP contribution in [0.15, 0.2) is 24.3 Å². The molecular weight excluding hydrogens is 371 g/mol. The van der Waals surface area contributed by atoms with Gasteiger partial charge in [-0.2, -0.15) is 5.10 Å². The SMILES string of the molecule is Cc1n[nH]c(C)c1CC(=O)N1CCCC1(C)Cc1ccc(OC(F)(F)F)cc1. The van der Waals surface area contributed by atoms with Crippen LogP contribution in [0.4, 0.5) is 13.2 Å². The van der Waals surface area contributed by atoms with Crippen molar-refractivity contribution in [2.45, 2.75) is 58.4 Å². The number of alkyl halides is 3. The van der Waals surface area contributed by atoms with Gasteiger partial charge in [0.25, 0.3) is 0 Å². The van der Waals surface area contributed by atoms with Gasteiger partial charge in [0.15, 0.2) is 0 Å². The van der Waals surface area contributed by atoms with Crippen molar-refractivity contribution in [2.24, 2.45) is 0 Å². The van der Waals surface area contributed by atoms with Crippen LogP contribution in [0.3, 0.4) is 0 Å². The van der Waals surface area contributed by atoms with E-state index in [1.54, 1.807) is 12.1 Å². The number of H-pyrrole nitrogens is 1. The van der Waals surface area contributed by atoms with E-state index < -0.39 is 6.36 Å². The predicted molar refractivity (Wildman–Crippen MR) is 97.9 cm³/mol. The summed E-state index contributed by atoms with van der Waals surface area (Å²) in [7, 11) is 0. The highest BCUT2D eigenvalue weighted by Gasteiger charge is 2.39. The predicted octanol–water partition coefficient (Wildman–Crippen LogP) is 4.09. The minimum Gasteiger partial charge on any atom is -0.406 e. The summed E-state index contributed by atoms with van der Waals surface area (Å²) in [5.74, 6) is -0.198. The summed E-state index contributed by atoms with van der Waals surface area (Å²) < 4.78 is 40.8. The zero-order chi connectivity index (χ0) is 20.5. The second kappa shape index (κ2) is 7.48. The van der Waals surface area contributed by atoms with Crippen molar-refractivity contribution in [1.29, 1.82) is 0 Å². The van der Waals surface area contributed by atoms with Crippen LogP contribution in [0.25, 0.3) is 0 Å². The first kappa shape index (κ1) is 20.2. The van der Waals surface area contributed by atoms with Crippen LogP contribution >= 0.6 is 0 Å². The van der Waals surface area contributed by atoms with Crippen LogP contribution in [0, 0.1) is 13.8 Å². The topological polar surface area (TPSA) is 58.2 Å². The molecule has 1 atom stereocenters. The van der Waals surface area contributed by atoms with Gasteiger partial charge in [-0.05, 0) is 57.7 Å². The van der Waals surface area contributed by atoms with E-state index in [2.05, 4.69) is 14.9 Å². The molecule has 152 valence electrons. The number of carbonyl (C=O) groups is 1. The zero-order valence-electron chi connectivity index (χ0n) is 16.2. The number of carbonyl (C=O) groups excluding carboxylic acids is 1. The number of ether oxygens (including phenoxy) is 1. The molecule has 2 aromatic rings. The summed E-state index contributed by atoms with van der Waals surface area (Å²) in [6, 6.07) is 5.87. The number of hydrogen-bond donors (Lipinski definition) is 1. The summed E-state index contributed by atoms with van der Waals surface area (Å²) in [5, 5.41) is 7.05. The number of rotatable bonds is 5. The summed E-state index contributed by atoms with van der Waals surface area (Å²) in [6.45, 7) is 6.49. The molecule has 2 heterocycles. The molecule has 8 heteroatoms. The molecule has 1 aliphatic rings. The number of halogens is 3. The maximum Gasteiger partial charge on any atom is 0.573 e. The molecule has 5 nitrogen and oxygen atoms in total. The van der Waals surface area contributed by atoms with Crippen molar-refractivity contribution in [3.8, 4) is 5.75 Å². The minimum atomic E-state index is -4.70. The minimum absolute atomic E-state index is 0.0459. The van der Waals surface area contributed by atoms with Gasteiger partial charge in [-0.25, -0.2) is 0 Å². The second-order valence-corrected chi connectivity index (χ2v) is 7.60. The monoisotopic (exact) mass is 395 g/mol. The third-order valence-electron chi connectivity index (χ3n) is 5.40. The summed E-state index contributed by atoms with van der Waals surface area (Å²) in [6.07, 6.45) is -2.08. The molecule has 28 heavy (non-hydrogen) atoms. The quantitative estimate of drug-likeness (QED) is 0.830. The van der Waals surface area contributed by atoms with E-state index in [1.165, 1.54) is 12.1 Å². The Hall–Kier alpha value is -2.51. The normalized spacial score (nSPS) is 19.9. The number of aryl methyl sites for hydroxylation is 2. The van der Waals surface area contributed by atoms with Gasteiger partial charge in [-0.15, -0.1) is 13.2 Å². The lowest BCUT2D eigenvalue weighted by atomic mass is 9.89. The van der Waals surface area contributed by atoms with Crippen molar-refractivity contribution >= 4 is 5.91 Å². The first-order valence-electron chi connectivity index (χ1n) is 9.23. The smallest absolute Gasteiger partial charge is 0.406 e. The lowest BCUT2D eigenvalue weighted by molar-refractivity contribution is -0.274. The first-order chi connectivity index (χ1) is 13.1. The number of benzene rings is 1. The van der Waals surface area contributed by atoms with Crippen LogP contribution in [-0.2, 0) is 17.6 Å². The third kappa shape index (κ3) is 4.48. The maximum absolute atomic E-state index is 13.0. The van der Waals surface area contributed by atoms with E-state index in [4.69, 9.17) is 0 Å². The molecular formula is C20H24F3N3O2. The van der Waals surface area contributed by atoms with E-state index in [9.17, 15) is 18.0 Å². The average molecular weight is 395 g/mol. The van der Waals surface area contributed by atoms with Crippen LogP contribution < -0.4 is 4.74 Å². The number of amides is 1. The van der Waals surface area contributed by atoms with Gasteiger partial charge >= 0.3 is 6.36 Å². The molecule has 0 spiro atoms. The second-order valence-electron chi connectivity index (χ2n) is 7.60. The number of aromatic nitrogens is 2. The van der Waals surface area contributed by atoms with Crippen molar-refractivity contribution in [3.05, 3.63) is 46.8 Å². The standard InChI is InChI=1S/C20H24F3N3O2/c1-13-17(14(2)25-24-13)11-18(27)26-10-4-9-19(26,3)12-15-5-7-16(8-6-15)28-20(21,22)23/h5-8H,4,9-12H2,1-3H3,(H,24,25). The molecule has 0 radical (unpaired) electrons. The van der Waals surface area contributed by atoms with E-state index >= 15 is 0 Å². The van der Waals surface area contributed by atoms with Crippen molar-refractivity contribution in [2.75, 3.05) is 6.54 Å². The van der Waals surface area contributed by atoms with E-state index in [0.717, 1.165) is 35.4 Å². The highest BCUT2D eigenvalue weighted by Crippen LogP contribution is 2.34. The Balaban J connectivity index is 1.71. The molecule has 0 bridgehead atoms. The molecule has 1 unspecified atom stereocenters. The van der Waals surface area contributed by atoms with Crippen molar-refractivity contribution in [1.82, 2.24) is 15.1 Å². The van der Waals surface area contributed by atoms with Gasteiger partial charge in [0.1, 0.15) is 5.75 Å². The summed E-state index contributed by atoms with van der Waals surface area (Å²) in [5.41, 5.74) is 3.15. The number of aromatic amines is 1. The Kier molecular flexibility index (Phi) is 5.41. The van der Waals surface area contributed by atoms with Gasteiger partial charge in [-0.1, -0.05) is 12.1 Å². The third-order valence-corrected chi connectivity index (χ3v) is 5.40. The van der Waals surface area contributed by atoms with E-state index in [0.29, 0.717) is 19.4 Å². The van der Waals surface area contributed by atoms with E-state index in [-0.39, 0.29) is 17.2 Å². The Labute approximate surface area is 161 Å². The largest absolute Gasteiger partial charge is 0.573 e. The molecule has 1 fully saturated rings. The fourth-order valence-corrected chi connectivity index (χ4v) is 3.96. The highest BCUT2D eigenvalue weighted by molar-refractivity contribution is 5.80. The fourth-order valence-electron chi connectivity index (χ4n) is 3.96. The maximum atomic E-state index is 13.0. The fraction of sp³-hybridized carbons (Fsp3) is 0.500. The molecule has 1 aliphatic heterocycles. The van der Waals surface area contributed by atoms with Gasteiger partial charge < -0.3 is 9.64 Å². The lowest BCUT2D eigenvalue weighted by Gasteiger charge is -2.36. The molecule has 0 aliphatic carbocycles. The van der Waals surface area contributed by atoms with Crippen molar-refractivity contribution in [3.63, 3.8) is 0 Å².